The average Bonchev–Trinajstić information content (AvgIpc) is 2.80. The summed E-state index contributed by atoms with van der Waals surface area (Å²) in [6.45, 7) is 7.65. The van der Waals surface area contributed by atoms with E-state index in [1.54, 1.807) is 7.11 Å². The van der Waals surface area contributed by atoms with Crippen molar-refractivity contribution in [2.24, 2.45) is 0 Å². The van der Waals surface area contributed by atoms with Gasteiger partial charge in [0.1, 0.15) is 5.75 Å². The van der Waals surface area contributed by atoms with Crippen molar-refractivity contribution in [3.05, 3.63) is 65.7 Å². The molecular formula is C25H33N3O3. The van der Waals surface area contributed by atoms with E-state index in [0.717, 1.165) is 23.3 Å². The Kier molecular flexibility index (Phi) is 7.69. The predicted molar refractivity (Wildman–Crippen MR) is 122 cm³/mol. The first kappa shape index (κ1) is 22.8. The third kappa shape index (κ3) is 6.07. The number of benzene rings is 2. The minimum absolute atomic E-state index is 0.0258. The van der Waals surface area contributed by atoms with Crippen LogP contribution >= 0.6 is 0 Å². The summed E-state index contributed by atoms with van der Waals surface area (Å²) in [5.41, 5.74) is 1.63. The number of ether oxygens (including phenoxy) is 1. The molecule has 0 spiro atoms. The maximum absolute atomic E-state index is 13.1. The highest BCUT2D eigenvalue weighted by molar-refractivity contribution is 5.87. The van der Waals surface area contributed by atoms with Gasteiger partial charge in [-0.2, -0.15) is 0 Å². The molecule has 0 aliphatic carbocycles. The average molecular weight is 424 g/mol. The Morgan fingerprint density at radius 3 is 2.23 bits per heavy atom. The molecule has 1 heterocycles. The third-order valence-corrected chi connectivity index (χ3v) is 5.95. The Labute approximate surface area is 185 Å². The van der Waals surface area contributed by atoms with E-state index in [1.807, 2.05) is 73.3 Å². The zero-order valence-electron chi connectivity index (χ0n) is 18.8. The normalized spacial score (nSPS) is 14.9. The molecule has 1 aliphatic heterocycles. The van der Waals surface area contributed by atoms with Gasteiger partial charge in [0.15, 0.2) is 0 Å². The lowest BCUT2D eigenvalue weighted by molar-refractivity contribution is -0.138. The first-order valence-electron chi connectivity index (χ1n) is 10.9. The Hall–Kier alpha value is -2.86. The van der Waals surface area contributed by atoms with E-state index >= 15 is 0 Å². The summed E-state index contributed by atoms with van der Waals surface area (Å²) in [7, 11) is 1.65. The Bertz CT molecular complexity index is 857. The number of nitrogens with one attached hydrogen (secondary N) is 1. The van der Waals surface area contributed by atoms with Crippen molar-refractivity contribution in [3.63, 3.8) is 0 Å². The summed E-state index contributed by atoms with van der Waals surface area (Å²) < 4.78 is 5.16. The fourth-order valence-corrected chi connectivity index (χ4v) is 3.88. The van der Waals surface area contributed by atoms with Crippen LogP contribution in [0.3, 0.4) is 0 Å². The van der Waals surface area contributed by atoms with Crippen LogP contribution in [-0.2, 0) is 21.4 Å². The Morgan fingerprint density at radius 2 is 1.61 bits per heavy atom. The molecule has 1 N–H and O–H groups in total. The van der Waals surface area contributed by atoms with Crippen LogP contribution in [-0.4, -0.2) is 68.0 Å². The van der Waals surface area contributed by atoms with Crippen LogP contribution in [0.25, 0.3) is 0 Å². The molecule has 1 saturated heterocycles. The predicted octanol–water partition coefficient (Wildman–Crippen LogP) is 2.48. The van der Waals surface area contributed by atoms with Crippen molar-refractivity contribution in [3.8, 4) is 5.75 Å². The van der Waals surface area contributed by atoms with Crippen molar-refractivity contribution < 1.29 is 14.3 Å². The molecule has 166 valence electrons. The number of hydrogen-bond donors (Lipinski definition) is 1. The van der Waals surface area contributed by atoms with E-state index in [2.05, 4.69) is 10.2 Å². The summed E-state index contributed by atoms with van der Waals surface area (Å²) in [6, 6.07) is 17.8. The second-order valence-electron chi connectivity index (χ2n) is 8.51. The van der Waals surface area contributed by atoms with Crippen LogP contribution in [0.5, 0.6) is 5.75 Å². The minimum Gasteiger partial charge on any atom is -0.497 e. The van der Waals surface area contributed by atoms with Crippen LogP contribution in [0.1, 0.15) is 25.0 Å². The summed E-state index contributed by atoms with van der Waals surface area (Å²) in [5, 5.41) is 2.99. The van der Waals surface area contributed by atoms with E-state index in [1.165, 1.54) is 0 Å². The first-order valence-corrected chi connectivity index (χ1v) is 10.9. The number of nitrogens with zero attached hydrogens (tertiary/aromatic N) is 2. The SMILES string of the molecule is COc1ccc(CCNC(=O)CN2CCN(C(=O)C(C)(C)c3ccccc3)CC2)cc1. The molecule has 31 heavy (non-hydrogen) atoms. The van der Waals surface area contributed by atoms with Crippen molar-refractivity contribution in [2.75, 3.05) is 46.4 Å². The van der Waals surface area contributed by atoms with E-state index in [9.17, 15) is 9.59 Å². The molecule has 2 amide bonds. The van der Waals surface area contributed by atoms with Gasteiger partial charge in [-0.3, -0.25) is 14.5 Å². The van der Waals surface area contributed by atoms with Crippen LogP contribution < -0.4 is 10.1 Å². The van der Waals surface area contributed by atoms with Crippen molar-refractivity contribution in [1.82, 2.24) is 15.1 Å². The number of methoxy groups -OCH3 is 1. The van der Waals surface area contributed by atoms with Crippen LogP contribution in [0, 0.1) is 0 Å². The molecule has 0 aromatic heterocycles. The highest BCUT2D eigenvalue weighted by Gasteiger charge is 2.35. The summed E-state index contributed by atoms with van der Waals surface area (Å²) in [6.07, 6.45) is 0.784. The van der Waals surface area contributed by atoms with E-state index in [4.69, 9.17) is 4.74 Å². The third-order valence-electron chi connectivity index (χ3n) is 5.95. The van der Waals surface area contributed by atoms with Gasteiger partial charge in [0.25, 0.3) is 0 Å². The summed E-state index contributed by atoms with van der Waals surface area (Å²) in [4.78, 5) is 29.4. The second kappa shape index (κ2) is 10.4. The maximum Gasteiger partial charge on any atom is 0.234 e. The lowest BCUT2D eigenvalue weighted by Crippen LogP contribution is -2.54. The van der Waals surface area contributed by atoms with Gasteiger partial charge < -0.3 is 15.0 Å². The molecule has 2 aromatic carbocycles. The molecule has 0 bridgehead atoms. The quantitative estimate of drug-likeness (QED) is 0.709. The summed E-state index contributed by atoms with van der Waals surface area (Å²) in [5.74, 6) is 0.998. The number of piperazine rings is 1. The van der Waals surface area contributed by atoms with Crippen LogP contribution in [0.2, 0.25) is 0 Å². The lowest BCUT2D eigenvalue weighted by Gasteiger charge is -2.38. The fourth-order valence-electron chi connectivity index (χ4n) is 3.88. The summed E-state index contributed by atoms with van der Waals surface area (Å²) >= 11 is 0. The highest BCUT2D eigenvalue weighted by atomic mass is 16.5. The maximum atomic E-state index is 13.1. The van der Waals surface area contributed by atoms with Gasteiger partial charge in [0.05, 0.1) is 19.1 Å². The van der Waals surface area contributed by atoms with Crippen LogP contribution in [0.15, 0.2) is 54.6 Å². The van der Waals surface area contributed by atoms with Crippen LogP contribution in [0.4, 0.5) is 0 Å². The molecule has 6 nitrogen and oxygen atoms in total. The first-order chi connectivity index (χ1) is 14.9. The lowest BCUT2D eigenvalue weighted by atomic mass is 9.83. The van der Waals surface area contributed by atoms with Gasteiger partial charge in [-0.05, 0) is 43.5 Å². The van der Waals surface area contributed by atoms with Gasteiger partial charge >= 0.3 is 0 Å². The molecule has 6 heteroatoms. The number of carbonyl (C=O) groups is 2. The molecule has 0 unspecified atom stereocenters. The minimum atomic E-state index is -0.553. The Morgan fingerprint density at radius 1 is 0.968 bits per heavy atom. The monoisotopic (exact) mass is 423 g/mol. The van der Waals surface area contributed by atoms with Gasteiger partial charge in [0.2, 0.25) is 11.8 Å². The van der Waals surface area contributed by atoms with Crippen molar-refractivity contribution >= 4 is 11.8 Å². The highest BCUT2D eigenvalue weighted by Crippen LogP contribution is 2.26. The van der Waals surface area contributed by atoms with Gasteiger partial charge in [-0.25, -0.2) is 0 Å². The zero-order chi connectivity index (χ0) is 22.3. The molecule has 0 radical (unpaired) electrons. The number of hydrogen-bond acceptors (Lipinski definition) is 4. The van der Waals surface area contributed by atoms with Gasteiger partial charge in [-0.1, -0.05) is 42.5 Å². The van der Waals surface area contributed by atoms with Crippen molar-refractivity contribution in [1.29, 1.82) is 0 Å². The standard InChI is InChI=1S/C25H33N3O3/c1-25(2,21-7-5-4-6-8-21)24(30)28-17-15-27(16-18-28)19-23(29)26-14-13-20-9-11-22(31-3)12-10-20/h4-12H,13-19H2,1-3H3,(H,26,29). The molecule has 0 atom stereocenters. The van der Waals surface area contributed by atoms with Gasteiger partial charge in [0, 0.05) is 32.7 Å². The fraction of sp³-hybridized carbons (Fsp3) is 0.440. The topological polar surface area (TPSA) is 61.9 Å². The smallest absolute Gasteiger partial charge is 0.234 e. The largest absolute Gasteiger partial charge is 0.497 e. The second-order valence-corrected chi connectivity index (χ2v) is 8.51. The van der Waals surface area contributed by atoms with E-state index in [0.29, 0.717) is 39.3 Å². The molecule has 1 fully saturated rings. The van der Waals surface area contributed by atoms with Crippen molar-refractivity contribution in [2.45, 2.75) is 25.7 Å². The zero-order valence-corrected chi connectivity index (χ0v) is 18.8. The molecule has 1 aliphatic rings. The molecule has 3 rings (SSSR count). The van der Waals surface area contributed by atoms with Gasteiger partial charge in [-0.15, -0.1) is 0 Å². The van der Waals surface area contributed by atoms with E-state index in [-0.39, 0.29) is 11.8 Å². The molecule has 2 aromatic rings. The molecular weight excluding hydrogens is 390 g/mol. The van der Waals surface area contributed by atoms with E-state index < -0.39 is 5.41 Å². The number of carbonyl (C=O) groups excluding carboxylic acids is 2. The number of amides is 2. The number of rotatable bonds is 8. The molecule has 0 saturated carbocycles. The Balaban J connectivity index is 1.40.